The Morgan fingerprint density at radius 1 is 1.35 bits per heavy atom. The molecule has 0 aliphatic heterocycles. The Kier molecular flexibility index (Phi) is 6.83. The van der Waals surface area contributed by atoms with Gasteiger partial charge in [-0.2, -0.15) is 0 Å². The van der Waals surface area contributed by atoms with Gasteiger partial charge in [-0.15, -0.1) is 0 Å². The summed E-state index contributed by atoms with van der Waals surface area (Å²) in [6, 6.07) is 5.56. The average molecular weight is 359 g/mol. The first-order valence-corrected chi connectivity index (χ1v) is 9.23. The lowest BCUT2D eigenvalue weighted by Crippen LogP contribution is -2.35. The van der Waals surface area contributed by atoms with E-state index in [1.165, 1.54) is 4.90 Å². The van der Waals surface area contributed by atoms with Gasteiger partial charge >= 0.3 is 0 Å². The van der Waals surface area contributed by atoms with Crippen molar-refractivity contribution in [1.29, 1.82) is 0 Å². The zero-order valence-electron chi connectivity index (χ0n) is 16.4. The minimum absolute atomic E-state index is 0.0989. The fourth-order valence-corrected chi connectivity index (χ4v) is 3.10. The van der Waals surface area contributed by atoms with Crippen molar-refractivity contribution < 1.29 is 19.1 Å². The number of amides is 1. The summed E-state index contributed by atoms with van der Waals surface area (Å²) in [6.45, 7) is 6.09. The van der Waals surface area contributed by atoms with Gasteiger partial charge in [-0.1, -0.05) is 13.0 Å². The molecule has 0 saturated heterocycles. The normalized spacial score (nSPS) is 20.0. The van der Waals surface area contributed by atoms with E-state index in [1.807, 2.05) is 32.1 Å². The molecule has 142 valence electrons. The topological polar surface area (TPSA) is 55.8 Å². The van der Waals surface area contributed by atoms with E-state index >= 15 is 0 Å². The number of nitrogens with zero attached hydrogens (tertiary/aromatic N) is 1. The molecular weight excluding hydrogens is 330 g/mol. The highest BCUT2D eigenvalue weighted by Crippen LogP contribution is 2.32. The quantitative estimate of drug-likeness (QED) is 0.727. The molecule has 1 aromatic carbocycles. The summed E-state index contributed by atoms with van der Waals surface area (Å²) in [7, 11) is 3.40. The number of ether oxygens (including phenoxy) is 2. The van der Waals surface area contributed by atoms with Gasteiger partial charge in [0.2, 0.25) is 0 Å². The summed E-state index contributed by atoms with van der Waals surface area (Å²) < 4.78 is 11.5. The molecule has 1 saturated carbocycles. The van der Waals surface area contributed by atoms with Gasteiger partial charge in [-0.05, 0) is 62.5 Å². The minimum atomic E-state index is -0.603. The molecular formula is C21H29NO4. The molecule has 2 rings (SSSR count). The molecule has 0 unspecified atom stereocenters. The second-order valence-electron chi connectivity index (χ2n) is 6.96. The van der Waals surface area contributed by atoms with Gasteiger partial charge in [-0.25, -0.2) is 0 Å². The third-order valence-corrected chi connectivity index (χ3v) is 4.55. The van der Waals surface area contributed by atoms with Crippen molar-refractivity contribution in [2.45, 2.75) is 46.1 Å². The third-order valence-electron chi connectivity index (χ3n) is 4.55. The van der Waals surface area contributed by atoms with Crippen molar-refractivity contribution >= 4 is 17.8 Å². The largest absolute Gasteiger partial charge is 0.490 e. The number of ketones is 1. The van der Waals surface area contributed by atoms with Gasteiger partial charge in [0.25, 0.3) is 5.91 Å². The lowest BCUT2D eigenvalue weighted by molar-refractivity contribution is -0.135. The number of allylic oxidation sites excluding steroid dienone is 1. The summed E-state index contributed by atoms with van der Waals surface area (Å²) in [5.41, 5.74) is 1.78. The smallest absolute Gasteiger partial charge is 0.262 e. The second kappa shape index (κ2) is 8.88. The maximum atomic E-state index is 12.3. The number of Topliss-reactive ketones (excluding diaryl/α,β-unsaturated/α-hetero) is 1. The summed E-state index contributed by atoms with van der Waals surface area (Å²) >= 11 is 0. The number of likely N-dealkylation sites (N-methyl/N-ethyl adjacent to an activating group) is 1. The Morgan fingerprint density at radius 3 is 2.73 bits per heavy atom. The molecule has 1 aliphatic rings. The Hall–Kier alpha value is -2.30. The van der Waals surface area contributed by atoms with E-state index in [-0.39, 0.29) is 17.6 Å². The van der Waals surface area contributed by atoms with Crippen LogP contribution in [0.4, 0.5) is 0 Å². The fraction of sp³-hybridized carbons (Fsp3) is 0.524. The first-order chi connectivity index (χ1) is 12.3. The number of hydrogen-bond donors (Lipinski definition) is 0. The SMILES string of the molecule is CCOc1cc(/C=C2\CCC[C@H](C)C2=O)ccc1O[C@@H](C)C(=O)N(C)C. The molecule has 1 fully saturated rings. The van der Waals surface area contributed by atoms with Crippen LogP contribution in [0.5, 0.6) is 11.5 Å². The first-order valence-electron chi connectivity index (χ1n) is 9.23. The van der Waals surface area contributed by atoms with Crippen molar-refractivity contribution in [2.24, 2.45) is 5.92 Å². The van der Waals surface area contributed by atoms with E-state index in [9.17, 15) is 9.59 Å². The Bertz CT molecular complexity index is 693. The summed E-state index contributed by atoms with van der Waals surface area (Å²) in [5.74, 6) is 1.33. The molecule has 2 atom stereocenters. The van der Waals surface area contributed by atoms with E-state index in [2.05, 4.69) is 0 Å². The molecule has 5 nitrogen and oxygen atoms in total. The number of carbonyl (C=O) groups excluding carboxylic acids is 2. The lowest BCUT2D eigenvalue weighted by Gasteiger charge is -2.21. The van der Waals surface area contributed by atoms with Crippen LogP contribution in [0.3, 0.4) is 0 Å². The van der Waals surface area contributed by atoms with Gasteiger partial charge in [0.15, 0.2) is 23.4 Å². The fourth-order valence-electron chi connectivity index (χ4n) is 3.10. The number of carbonyl (C=O) groups is 2. The Balaban J connectivity index is 2.25. The van der Waals surface area contributed by atoms with Crippen LogP contribution in [0.1, 0.15) is 45.6 Å². The molecule has 5 heteroatoms. The first kappa shape index (κ1) is 20.0. The van der Waals surface area contributed by atoms with Crippen LogP contribution in [0.25, 0.3) is 6.08 Å². The van der Waals surface area contributed by atoms with E-state index in [0.717, 1.165) is 30.4 Å². The molecule has 1 aliphatic carbocycles. The molecule has 1 amide bonds. The number of hydrogen-bond acceptors (Lipinski definition) is 4. The predicted octanol–water partition coefficient (Wildman–Crippen LogP) is 3.71. The average Bonchev–Trinajstić information content (AvgIpc) is 2.60. The van der Waals surface area contributed by atoms with Crippen LogP contribution in [0, 0.1) is 5.92 Å². The molecule has 0 aromatic heterocycles. The number of rotatable bonds is 6. The van der Waals surface area contributed by atoms with Crippen LogP contribution < -0.4 is 9.47 Å². The van der Waals surface area contributed by atoms with E-state index in [4.69, 9.17) is 9.47 Å². The monoisotopic (exact) mass is 359 g/mol. The van der Waals surface area contributed by atoms with Gasteiger partial charge in [0.1, 0.15) is 0 Å². The van der Waals surface area contributed by atoms with Crippen LogP contribution in [0.2, 0.25) is 0 Å². The molecule has 26 heavy (non-hydrogen) atoms. The molecule has 0 spiro atoms. The zero-order valence-corrected chi connectivity index (χ0v) is 16.4. The van der Waals surface area contributed by atoms with Crippen LogP contribution in [-0.2, 0) is 9.59 Å². The van der Waals surface area contributed by atoms with Crippen LogP contribution >= 0.6 is 0 Å². The predicted molar refractivity (Wildman–Crippen MR) is 102 cm³/mol. The van der Waals surface area contributed by atoms with Crippen molar-refractivity contribution in [2.75, 3.05) is 20.7 Å². The van der Waals surface area contributed by atoms with Gasteiger partial charge < -0.3 is 14.4 Å². The summed E-state index contributed by atoms with van der Waals surface area (Å²) in [6.07, 6.45) is 4.17. The van der Waals surface area contributed by atoms with Crippen molar-refractivity contribution in [3.05, 3.63) is 29.3 Å². The summed E-state index contributed by atoms with van der Waals surface area (Å²) in [5, 5.41) is 0. The highest BCUT2D eigenvalue weighted by Gasteiger charge is 2.23. The highest BCUT2D eigenvalue weighted by atomic mass is 16.5. The maximum Gasteiger partial charge on any atom is 0.262 e. The molecule has 0 bridgehead atoms. The molecule has 0 heterocycles. The van der Waals surface area contributed by atoms with Crippen molar-refractivity contribution in [3.8, 4) is 11.5 Å². The van der Waals surface area contributed by atoms with Crippen molar-refractivity contribution in [3.63, 3.8) is 0 Å². The summed E-state index contributed by atoms with van der Waals surface area (Å²) in [4.78, 5) is 25.9. The van der Waals surface area contributed by atoms with E-state index < -0.39 is 6.10 Å². The highest BCUT2D eigenvalue weighted by molar-refractivity contribution is 6.01. The zero-order chi connectivity index (χ0) is 19.3. The van der Waals surface area contributed by atoms with E-state index in [1.54, 1.807) is 27.1 Å². The maximum absolute atomic E-state index is 12.3. The standard InChI is InChI=1S/C21H29NO4/c1-6-25-19-13-16(12-17-9-7-8-14(2)20(17)23)10-11-18(19)26-15(3)21(24)22(4)5/h10-15H,6-9H2,1-5H3/b17-12+/t14-,15-/m0/s1. The van der Waals surface area contributed by atoms with E-state index in [0.29, 0.717) is 18.1 Å². The minimum Gasteiger partial charge on any atom is -0.490 e. The van der Waals surface area contributed by atoms with Gasteiger partial charge in [-0.3, -0.25) is 9.59 Å². The second-order valence-corrected chi connectivity index (χ2v) is 6.96. The Labute approximate surface area is 156 Å². The number of benzene rings is 1. The van der Waals surface area contributed by atoms with Crippen LogP contribution in [-0.4, -0.2) is 43.4 Å². The van der Waals surface area contributed by atoms with Crippen molar-refractivity contribution in [1.82, 2.24) is 4.90 Å². The third kappa shape index (κ3) is 4.87. The lowest BCUT2D eigenvalue weighted by atomic mass is 9.84. The van der Waals surface area contributed by atoms with Gasteiger partial charge in [0, 0.05) is 20.0 Å². The molecule has 0 N–H and O–H groups in total. The van der Waals surface area contributed by atoms with Gasteiger partial charge in [0.05, 0.1) is 6.61 Å². The van der Waals surface area contributed by atoms with Crippen LogP contribution in [0.15, 0.2) is 23.8 Å². The molecule has 0 radical (unpaired) electrons. The Morgan fingerprint density at radius 2 is 2.08 bits per heavy atom. The molecule has 1 aromatic rings.